The van der Waals surface area contributed by atoms with Crippen LogP contribution in [0.5, 0.6) is 0 Å². The van der Waals surface area contributed by atoms with Crippen molar-refractivity contribution < 1.29 is 0 Å². The number of benzene rings is 9. The quantitative estimate of drug-likeness (QED) is 0.182. The Morgan fingerprint density at radius 1 is 0.239 bits per heavy atom. The van der Waals surface area contributed by atoms with Crippen LogP contribution in [0.25, 0.3) is 98.7 Å². The summed E-state index contributed by atoms with van der Waals surface area (Å²) in [6.45, 7) is 0. The molecular formula is C46H28. The van der Waals surface area contributed by atoms with Gasteiger partial charge in [-0.05, 0) is 111 Å². The van der Waals surface area contributed by atoms with E-state index in [2.05, 4.69) is 170 Å². The summed E-state index contributed by atoms with van der Waals surface area (Å²) >= 11 is 0. The fourth-order valence-corrected chi connectivity index (χ4v) is 7.79. The molecule has 1 aliphatic rings. The Balaban J connectivity index is 1.13. The van der Waals surface area contributed by atoms with Gasteiger partial charge in [0.2, 0.25) is 0 Å². The van der Waals surface area contributed by atoms with E-state index in [1.807, 2.05) is 0 Å². The first-order chi connectivity index (χ1) is 22.8. The number of hydrogen-bond donors (Lipinski definition) is 0. The summed E-state index contributed by atoms with van der Waals surface area (Å²) in [5.41, 5.74) is 12.9. The molecule has 1 aliphatic carbocycles. The summed E-state index contributed by atoms with van der Waals surface area (Å²) in [6, 6.07) is 62.8. The zero-order valence-corrected chi connectivity index (χ0v) is 25.2. The number of hydrogen-bond acceptors (Lipinski definition) is 0. The maximum Gasteiger partial charge on any atom is -0.00139 e. The van der Waals surface area contributed by atoms with Gasteiger partial charge in [-0.2, -0.15) is 0 Å². The molecule has 0 heteroatoms. The Bertz CT molecular complexity index is 2670. The predicted molar refractivity (Wildman–Crippen MR) is 197 cm³/mol. The van der Waals surface area contributed by atoms with Gasteiger partial charge in [0.15, 0.2) is 0 Å². The molecule has 0 nitrogen and oxygen atoms in total. The predicted octanol–water partition coefficient (Wildman–Crippen LogP) is 12.9. The minimum absolute atomic E-state index is 1.23. The maximum atomic E-state index is 2.34. The van der Waals surface area contributed by atoms with E-state index in [-0.39, 0.29) is 0 Å². The fourth-order valence-electron chi connectivity index (χ4n) is 7.79. The summed E-state index contributed by atoms with van der Waals surface area (Å²) < 4.78 is 0. The number of rotatable bonds is 3. The van der Waals surface area contributed by atoms with Crippen LogP contribution in [0, 0.1) is 0 Å². The molecule has 0 radical (unpaired) electrons. The van der Waals surface area contributed by atoms with Crippen LogP contribution in [0.4, 0.5) is 0 Å². The van der Waals surface area contributed by atoms with E-state index in [4.69, 9.17) is 0 Å². The zero-order valence-electron chi connectivity index (χ0n) is 25.2. The average molecular weight is 581 g/mol. The molecule has 0 fully saturated rings. The minimum Gasteiger partial charge on any atom is -0.0616 e. The highest BCUT2D eigenvalue weighted by molar-refractivity contribution is 6.21. The van der Waals surface area contributed by atoms with Crippen molar-refractivity contribution in [1.82, 2.24) is 0 Å². The molecule has 0 atom stereocenters. The molecule has 0 heterocycles. The largest absolute Gasteiger partial charge is 0.0616 e. The molecular weight excluding hydrogens is 553 g/mol. The van der Waals surface area contributed by atoms with E-state index >= 15 is 0 Å². The van der Waals surface area contributed by atoms with Crippen LogP contribution in [-0.2, 0) is 0 Å². The first-order valence-electron chi connectivity index (χ1n) is 16.0. The minimum atomic E-state index is 1.23. The Kier molecular flexibility index (Phi) is 5.38. The smallest absolute Gasteiger partial charge is 0.00139 e. The molecule has 0 aromatic heterocycles. The van der Waals surface area contributed by atoms with E-state index in [1.54, 1.807) is 0 Å². The standard InChI is InChI=1S/C46H28/c1-2-9-34-27-37(21-17-29(34)7-1)41-26-25-40(45-42-13-5-10-33-11-6-14-43(44(33)42)46(41)45)32-18-15-30(16-19-32)35-23-24-39-36(28-35)22-20-31-8-3-4-12-38(31)39/h1-28H. The van der Waals surface area contributed by atoms with Crippen molar-refractivity contribution in [3.8, 4) is 55.6 Å². The molecule has 0 spiro atoms. The number of fused-ring (bicyclic) bond motifs is 7. The van der Waals surface area contributed by atoms with Crippen LogP contribution >= 0.6 is 0 Å². The van der Waals surface area contributed by atoms with Gasteiger partial charge in [-0.1, -0.05) is 158 Å². The second-order valence-electron chi connectivity index (χ2n) is 12.5. The van der Waals surface area contributed by atoms with Crippen molar-refractivity contribution >= 4 is 43.1 Å². The van der Waals surface area contributed by atoms with Crippen molar-refractivity contribution in [3.63, 3.8) is 0 Å². The lowest BCUT2D eigenvalue weighted by atomic mass is 9.87. The van der Waals surface area contributed by atoms with E-state index in [9.17, 15) is 0 Å². The van der Waals surface area contributed by atoms with E-state index in [1.165, 1.54) is 98.7 Å². The highest BCUT2D eigenvalue weighted by atomic mass is 14.3. The molecule has 9 aromatic rings. The molecule has 0 amide bonds. The van der Waals surface area contributed by atoms with Crippen LogP contribution in [0.2, 0.25) is 0 Å². The molecule has 0 N–H and O–H groups in total. The van der Waals surface area contributed by atoms with Gasteiger partial charge in [-0.15, -0.1) is 0 Å². The summed E-state index contributed by atoms with van der Waals surface area (Å²) in [7, 11) is 0. The topological polar surface area (TPSA) is 0 Å². The molecule has 0 aliphatic heterocycles. The summed E-state index contributed by atoms with van der Waals surface area (Å²) in [5.74, 6) is 0. The van der Waals surface area contributed by atoms with Crippen LogP contribution < -0.4 is 0 Å². The first kappa shape index (κ1) is 25.4. The SMILES string of the molecule is c1ccc2cc(-c3ccc(-c4ccc(-c5ccc6c(ccc7ccccc76)c5)cc4)c4c3-c3cccc5cccc-4c35)ccc2c1. The monoisotopic (exact) mass is 580 g/mol. The highest BCUT2D eigenvalue weighted by Crippen LogP contribution is 2.54. The third kappa shape index (κ3) is 3.74. The van der Waals surface area contributed by atoms with Gasteiger partial charge in [0.1, 0.15) is 0 Å². The van der Waals surface area contributed by atoms with Crippen molar-refractivity contribution in [3.05, 3.63) is 170 Å². The lowest BCUT2D eigenvalue weighted by Gasteiger charge is -2.16. The van der Waals surface area contributed by atoms with Gasteiger partial charge >= 0.3 is 0 Å². The molecule has 0 bridgehead atoms. The fraction of sp³-hybridized carbons (Fsp3) is 0. The Morgan fingerprint density at radius 3 is 1.54 bits per heavy atom. The van der Waals surface area contributed by atoms with Crippen LogP contribution in [0.15, 0.2) is 170 Å². The first-order valence-corrected chi connectivity index (χ1v) is 16.0. The summed E-state index contributed by atoms with van der Waals surface area (Å²) in [6.07, 6.45) is 0. The molecule has 10 rings (SSSR count). The average Bonchev–Trinajstić information content (AvgIpc) is 3.47. The maximum absolute atomic E-state index is 2.34. The van der Waals surface area contributed by atoms with Gasteiger partial charge in [0.05, 0.1) is 0 Å². The normalized spacial score (nSPS) is 11.9. The van der Waals surface area contributed by atoms with Gasteiger partial charge < -0.3 is 0 Å². The molecule has 0 saturated carbocycles. The van der Waals surface area contributed by atoms with Gasteiger partial charge in [-0.25, -0.2) is 0 Å². The van der Waals surface area contributed by atoms with Gasteiger partial charge in [0, 0.05) is 0 Å². The molecule has 0 saturated heterocycles. The third-order valence-electron chi connectivity index (χ3n) is 9.98. The Morgan fingerprint density at radius 2 is 0.761 bits per heavy atom. The lowest BCUT2D eigenvalue weighted by molar-refractivity contribution is 1.59. The summed E-state index contributed by atoms with van der Waals surface area (Å²) in [4.78, 5) is 0. The van der Waals surface area contributed by atoms with Crippen molar-refractivity contribution in [2.24, 2.45) is 0 Å². The van der Waals surface area contributed by atoms with Crippen molar-refractivity contribution in [2.45, 2.75) is 0 Å². The van der Waals surface area contributed by atoms with Crippen LogP contribution in [0.1, 0.15) is 0 Å². The van der Waals surface area contributed by atoms with E-state index < -0.39 is 0 Å². The van der Waals surface area contributed by atoms with Crippen LogP contribution in [0.3, 0.4) is 0 Å². The second kappa shape index (κ2) is 9.76. The molecule has 46 heavy (non-hydrogen) atoms. The highest BCUT2D eigenvalue weighted by Gasteiger charge is 2.27. The molecule has 0 unspecified atom stereocenters. The zero-order chi connectivity index (χ0) is 30.2. The Labute approximate surface area is 267 Å². The van der Waals surface area contributed by atoms with Crippen molar-refractivity contribution in [1.29, 1.82) is 0 Å². The lowest BCUT2D eigenvalue weighted by Crippen LogP contribution is -1.90. The van der Waals surface area contributed by atoms with Crippen LogP contribution in [-0.4, -0.2) is 0 Å². The van der Waals surface area contributed by atoms with Gasteiger partial charge in [-0.3, -0.25) is 0 Å². The van der Waals surface area contributed by atoms with Crippen molar-refractivity contribution in [2.75, 3.05) is 0 Å². The third-order valence-corrected chi connectivity index (χ3v) is 9.98. The Hall–Kier alpha value is -5.98. The molecule has 9 aromatic carbocycles. The van der Waals surface area contributed by atoms with E-state index in [0.717, 1.165) is 0 Å². The van der Waals surface area contributed by atoms with E-state index in [0.29, 0.717) is 0 Å². The molecule has 212 valence electrons. The van der Waals surface area contributed by atoms with Gasteiger partial charge in [0.25, 0.3) is 0 Å². The summed E-state index contributed by atoms with van der Waals surface area (Å²) in [5, 5.41) is 10.3. The second-order valence-corrected chi connectivity index (χ2v) is 12.5.